The fourth-order valence-corrected chi connectivity index (χ4v) is 4.07. The molecule has 5 rings (SSSR count). The lowest BCUT2D eigenvalue weighted by molar-refractivity contribution is 0.0662. The van der Waals surface area contributed by atoms with E-state index in [0.29, 0.717) is 23.6 Å². The van der Waals surface area contributed by atoms with Gasteiger partial charge in [-0.3, -0.25) is 4.90 Å². The summed E-state index contributed by atoms with van der Waals surface area (Å²) in [6, 6.07) is 17.7. The molecule has 170 valence electrons. The van der Waals surface area contributed by atoms with Crippen molar-refractivity contribution in [1.29, 1.82) is 0 Å². The number of aromatic nitrogens is 2. The summed E-state index contributed by atoms with van der Waals surface area (Å²) in [7, 11) is 0. The Morgan fingerprint density at radius 2 is 1.85 bits per heavy atom. The number of ether oxygens (including phenoxy) is 1. The molecule has 3 heterocycles. The van der Waals surface area contributed by atoms with Crippen molar-refractivity contribution in [2.75, 3.05) is 44.2 Å². The molecule has 1 aliphatic rings. The quantitative estimate of drug-likeness (QED) is 0.463. The van der Waals surface area contributed by atoms with E-state index < -0.39 is 6.10 Å². The van der Waals surface area contributed by atoms with Crippen molar-refractivity contribution in [3.8, 4) is 17.0 Å². The van der Waals surface area contributed by atoms with Crippen molar-refractivity contribution in [2.24, 2.45) is 0 Å². The number of nitrogens with zero attached hydrogens (tertiary/aromatic N) is 4. The Labute approximate surface area is 191 Å². The van der Waals surface area contributed by atoms with Gasteiger partial charge in [-0.25, -0.2) is 9.37 Å². The summed E-state index contributed by atoms with van der Waals surface area (Å²) in [4.78, 5) is 8.91. The average Bonchev–Trinajstić information content (AvgIpc) is 3.27. The molecule has 0 radical (unpaired) electrons. The van der Waals surface area contributed by atoms with Gasteiger partial charge in [-0.2, -0.15) is 0 Å². The maximum absolute atomic E-state index is 13.4. The highest BCUT2D eigenvalue weighted by Crippen LogP contribution is 2.29. The highest BCUT2D eigenvalue weighted by Gasteiger charge is 2.20. The maximum atomic E-state index is 13.4. The van der Waals surface area contributed by atoms with Gasteiger partial charge < -0.3 is 19.3 Å². The van der Waals surface area contributed by atoms with E-state index in [9.17, 15) is 9.50 Å². The molecule has 33 heavy (non-hydrogen) atoms. The zero-order chi connectivity index (χ0) is 22.6. The lowest BCUT2D eigenvalue weighted by Gasteiger charge is -2.36. The summed E-state index contributed by atoms with van der Waals surface area (Å²) in [5.41, 5.74) is 1.91. The molecular formula is C25H25FN4O3. The summed E-state index contributed by atoms with van der Waals surface area (Å²) < 4.78 is 24.4. The molecule has 0 amide bonds. The molecule has 8 heteroatoms. The number of hydrogen-bond donors (Lipinski definition) is 1. The van der Waals surface area contributed by atoms with Crippen LogP contribution in [-0.2, 0) is 0 Å². The van der Waals surface area contributed by atoms with Gasteiger partial charge in [0.2, 0.25) is 0 Å². The fourth-order valence-electron chi connectivity index (χ4n) is 4.07. The van der Waals surface area contributed by atoms with Crippen LogP contribution in [0, 0.1) is 5.82 Å². The van der Waals surface area contributed by atoms with E-state index in [-0.39, 0.29) is 12.4 Å². The molecule has 7 nitrogen and oxygen atoms in total. The predicted octanol–water partition coefficient (Wildman–Crippen LogP) is 3.59. The molecule has 1 N–H and O–H groups in total. The first-order valence-corrected chi connectivity index (χ1v) is 11.0. The standard InChI is InChI=1S/C25H25FN4O3/c26-19-6-9-22-23(15-19)33-28-25(22)18-4-7-21(8-5-18)32-17-20(31)16-29-11-13-30(14-12-29)24-3-1-2-10-27-24/h1-10,15,20,31H,11-14,16-17H2/t20-/m1/s1. The van der Waals surface area contributed by atoms with Gasteiger partial charge >= 0.3 is 0 Å². The molecule has 0 unspecified atom stereocenters. The molecule has 2 aromatic carbocycles. The second-order valence-corrected chi connectivity index (χ2v) is 8.14. The van der Waals surface area contributed by atoms with Crippen LogP contribution in [0.15, 0.2) is 71.4 Å². The van der Waals surface area contributed by atoms with Crippen molar-refractivity contribution in [1.82, 2.24) is 15.0 Å². The monoisotopic (exact) mass is 448 g/mol. The highest BCUT2D eigenvalue weighted by atomic mass is 19.1. The van der Waals surface area contributed by atoms with E-state index in [0.717, 1.165) is 42.9 Å². The first kappa shape index (κ1) is 21.4. The van der Waals surface area contributed by atoms with Crippen molar-refractivity contribution in [3.63, 3.8) is 0 Å². The topological polar surface area (TPSA) is 74.9 Å². The molecule has 1 fully saturated rings. The van der Waals surface area contributed by atoms with Gasteiger partial charge in [0.05, 0.1) is 0 Å². The number of rotatable bonds is 7. The van der Waals surface area contributed by atoms with Gasteiger partial charge in [0.1, 0.15) is 35.8 Å². The average molecular weight is 448 g/mol. The van der Waals surface area contributed by atoms with E-state index in [1.54, 1.807) is 6.07 Å². The van der Waals surface area contributed by atoms with Crippen LogP contribution in [0.1, 0.15) is 0 Å². The number of anilines is 1. The van der Waals surface area contributed by atoms with E-state index in [1.165, 1.54) is 12.1 Å². The Kier molecular flexibility index (Phi) is 6.19. The van der Waals surface area contributed by atoms with Gasteiger partial charge in [0.15, 0.2) is 5.58 Å². The van der Waals surface area contributed by atoms with Crippen molar-refractivity contribution in [2.45, 2.75) is 6.10 Å². The van der Waals surface area contributed by atoms with Crippen LogP contribution < -0.4 is 9.64 Å². The minimum atomic E-state index is -0.583. The number of piperazine rings is 1. The molecule has 4 aromatic rings. The third-order valence-electron chi connectivity index (χ3n) is 5.82. The van der Waals surface area contributed by atoms with Crippen molar-refractivity contribution < 1.29 is 18.8 Å². The van der Waals surface area contributed by atoms with Crippen LogP contribution in [0.25, 0.3) is 22.2 Å². The first-order chi connectivity index (χ1) is 16.2. The zero-order valence-corrected chi connectivity index (χ0v) is 18.1. The second-order valence-electron chi connectivity index (χ2n) is 8.14. The highest BCUT2D eigenvalue weighted by molar-refractivity contribution is 5.91. The fraction of sp³-hybridized carbons (Fsp3) is 0.280. The van der Waals surface area contributed by atoms with E-state index in [1.807, 2.05) is 48.7 Å². The number of hydrogen-bond acceptors (Lipinski definition) is 7. The number of halogens is 1. The molecule has 0 bridgehead atoms. The van der Waals surface area contributed by atoms with E-state index in [2.05, 4.69) is 19.9 Å². The molecular weight excluding hydrogens is 423 g/mol. The summed E-state index contributed by atoms with van der Waals surface area (Å²) in [6.45, 7) is 4.29. The third kappa shape index (κ3) is 4.97. The largest absolute Gasteiger partial charge is 0.491 e. The van der Waals surface area contributed by atoms with Gasteiger partial charge in [-0.05, 0) is 48.5 Å². The van der Waals surface area contributed by atoms with Crippen LogP contribution >= 0.6 is 0 Å². The summed E-state index contributed by atoms with van der Waals surface area (Å²) in [6.07, 6.45) is 1.23. The molecule has 1 aliphatic heterocycles. The van der Waals surface area contributed by atoms with E-state index >= 15 is 0 Å². The molecule has 0 aliphatic carbocycles. The SMILES string of the molecule is O[C@@H](COc1ccc(-c2noc3cc(F)ccc23)cc1)CN1CCN(c2ccccn2)CC1. The molecule has 2 aromatic heterocycles. The number of fused-ring (bicyclic) bond motifs is 1. The molecule has 0 saturated carbocycles. The first-order valence-electron chi connectivity index (χ1n) is 11.0. The van der Waals surface area contributed by atoms with Crippen LogP contribution in [0.4, 0.5) is 10.2 Å². The number of aliphatic hydroxyl groups is 1. The minimum absolute atomic E-state index is 0.214. The second kappa shape index (κ2) is 9.56. The summed E-state index contributed by atoms with van der Waals surface area (Å²) in [5.74, 6) is 1.30. The lowest BCUT2D eigenvalue weighted by Crippen LogP contribution is -2.49. The van der Waals surface area contributed by atoms with Gasteiger partial charge in [-0.15, -0.1) is 0 Å². The van der Waals surface area contributed by atoms with Gasteiger partial charge in [-0.1, -0.05) is 11.2 Å². The lowest BCUT2D eigenvalue weighted by atomic mass is 10.1. The number of benzene rings is 2. The molecule has 1 atom stereocenters. The zero-order valence-electron chi connectivity index (χ0n) is 18.1. The summed E-state index contributed by atoms with van der Waals surface area (Å²) in [5, 5.41) is 15.3. The Morgan fingerprint density at radius 1 is 1.03 bits per heavy atom. The van der Waals surface area contributed by atoms with Crippen LogP contribution in [0.3, 0.4) is 0 Å². The molecule has 1 saturated heterocycles. The normalized spacial score (nSPS) is 15.6. The predicted molar refractivity (Wildman–Crippen MR) is 124 cm³/mol. The van der Waals surface area contributed by atoms with Gasteiger partial charge in [0, 0.05) is 55.9 Å². The van der Waals surface area contributed by atoms with Crippen molar-refractivity contribution in [3.05, 3.63) is 72.7 Å². The van der Waals surface area contributed by atoms with Crippen LogP contribution in [0.2, 0.25) is 0 Å². The smallest absolute Gasteiger partial charge is 0.170 e. The van der Waals surface area contributed by atoms with Crippen molar-refractivity contribution >= 4 is 16.8 Å². The number of β-amino-alcohol motifs (C(OH)–C–C–N with tert-alkyl or cyclic N) is 1. The number of aliphatic hydroxyl groups excluding tert-OH is 1. The Morgan fingerprint density at radius 3 is 2.61 bits per heavy atom. The van der Waals surface area contributed by atoms with Gasteiger partial charge in [0.25, 0.3) is 0 Å². The van der Waals surface area contributed by atoms with Crippen LogP contribution in [0.5, 0.6) is 5.75 Å². The number of pyridine rings is 1. The minimum Gasteiger partial charge on any atom is -0.491 e. The Balaban J connectivity index is 1.11. The Hall–Kier alpha value is -3.49. The van der Waals surface area contributed by atoms with Crippen LogP contribution in [-0.4, -0.2) is 65.6 Å². The maximum Gasteiger partial charge on any atom is 0.170 e. The molecule has 0 spiro atoms. The van der Waals surface area contributed by atoms with E-state index in [4.69, 9.17) is 9.26 Å². The third-order valence-corrected chi connectivity index (χ3v) is 5.82. The Bertz CT molecular complexity index is 1190. The summed E-state index contributed by atoms with van der Waals surface area (Å²) >= 11 is 0.